The molecule has 2 heterocycles. The van der Waals surface area contributed by atoms with Gasteiger partial charge in [-0.2, -0.15) is 0 Å². The Labute approximate surface area is 185 Å². The number of hydrogen-bond acceptors (Lipinski definition) is 5. The summed E-state index contributed by atoms with van der Waals surface area (Å²) >= 11 is 7.65. The Balaban J connectivity index is 1.66. The molecule has 0 spiro atoms. The second-order valence-corrected chi connectivity index (χ2v) is 8.80. The maximum absolute atomic E-state index is 13.3. The Bertz CT molecular complexity index is 1070. The molecule has 8 heteroatoms. The van der Waals surface area contributed by atoms with E-state index in [0.717, 1.165) is 29.8 Å². The van der Waals surface area contributed by atoms with Gasteiger partial charge in [0.05, 0.1) is 6.04 Å². The average Bonchev–Trinajstić information content (AvgIpc) is 3.17. The fourth-order valence-electron chi connectivity index (χ4n) is 3.42. The number of thioether (sulfide) groups is 1. The number of benzene rings is 2. The van der Waals surface area contributed by atoms with Crippen molar-refractivity contribution in [3.8, 4) is 0 Å². The molecule has 4 rings (SSSR count). The van der Waals surface area contributed by atoms with Crippen LogP contribution >= 0.6 is 23.4 Å². The number of hydrogen-bond donors (Lipinski definition) is 2. The van der Waals surface area contributed by atoms with Crippen LogP contribution in [-0.2, 0) is 17.6 Å². The van der Waals surface area contributed by atoms with Crippen molar-refractivity contribution in [1.29, 1.82) is 0 Å². The molecule has 2 aromatic carbocycles. The Hall–Kier alpha value is -2.51. The van der Waals surface area contributed by atoms with E-state index >= 15 is 0 Å². The van der Waals surface area contributed by atoms with Gasteiger partial charge in [0.25, 0.3) is 0 Å². The largest absolute Gasteiger partial charge is 0.325 e. The molecular formula is C22H24ClN5OS. The molecule has 156 valence electrons. The van der Waals surface area contributed by atoms with Crippen LogP contribution in [0.1, 0.15) is 42.4 Å². The monoisotopic (exact) mass is 441 g/mol. The fourth-order valence-corrected chi connectivity index (χ4v) is 4.70. The van der Waals surface area contributed by atoms with Gasteiger partial charge in [0.1, 0.15) is 5.25 Å². The van der Waals surface area contributed by atoms with Crippen molar-refractivity contribution in [2.24, 2.45) is 0 Å². The molecule has 2 N–H and O–H groups in total. The predicted molar refractivity (Wildman–Crippen MR) is 122 cm³/mol. The summed E-state index contributed by atoms with van der Waals surface area (Å²) in [6, 6.07) is 13.7. The number of carbonyl (C=O) groups is 1. The maximum atomic E-state index is 13.3. The van der Waals surface area contributed by atoms with E-state index < -0.39 is 5.25 Å². The first-order valence-corrected chi connectivity index (χ1v) is 11.3. The number of amides is 1. The highest BCUT2D eigenvalue weighted by Crippen LogP contribution is 2.38. The van der Waals surface area contributed by atoms with E-state index in [2.05, 4.69) is 52.1 Å². The van der Waals surface area contributed by atoms with Crippen molar-refractivity contribution < 1.29 is 4.79 Å². The molecule has 1 amide bonds. The molecule has 1 aliphatic rings. The van der Waals surface area contributed by atoms with Gasteiger partial charge in [-0.1, -0.05) is 67.5 Å². The van der Waals surface area contributed by atoms with Crippen LogP contribution in [0.3, 0.4) is 0 Å². The second-order valence-electron chi connectivity index (χ2n) is 7.28. The van der Waals surface area contributed by atoms with E-state index in [-0.39, 0.29) is 11.9 Å². The van der Waals surface area contributed by atoms with Crippen LogP contribution in [0.4, 0.5) is 5.69 Å². The van der Waals surface area contributed by atoms with Crippen LogP contribution in [0.5, 0.6) is 0 Å². The van der Waals surface area contributed by atoms with Crippen LogP contribution in [-0.4, -0.2) is 26.0 Å². The summed E-state index contributed by atoms with van der Waals surface area (Å²) in [5, 5.41) is 12.4. The Morgan fingerprint density at radius 2 is 1.93 bits per heavy atom. The number of rotatable bonds is 5. The minimum absolute atomic E-state index is 0.107. The lowest BCUT2D eigenvalue weighted by Gasteiger charge is -2.33. The van der Waals surface area contributed by atoms with Gasteiger partial charge in [-0.3, -0.25) is 4.79 Å². The average molecular weight is 442 g/mol. The van der Waals surface area contributed by atoms with Crippen molar-refractivity contribution in [2.75, 3.05) is 10.7 Å². The number of halogens is 1. The minimum Gasteiger partial charge on any atom is -0.325 e. The lowest BCUT2D eigenvalue weighted by molar-refractivity contribution is -0.116. The standard InChI is InChI=1S/C22H24ClN5OS/c1-4-14-7-9-15(10-8-14)19-20(30-22-26-25-18(5-2)28(22)27-19)21(29)24-16-11-6-13(3)17(23)12-16/h6-12,19-20,27H,4-5H2,1-3H3,(H,24,29)/t19-,20-/m0/s1. The van der Waals surface area contributed by atoms with Gasteiger partial charge >= 0.3 is 0 Å². The molecule has 3 aromatic rings. The molecule has 0 unspecified atom stereocenters. The van der Waals surface area contributed by atoms with Crippen LogP contribution in [0.2, 0.25) is 5.02 Å². The number of aromatic nitrogens is 3. The quantitative estimate of drug-likeness (QED) is 0.597. The summed E-state index contributed by atoms with van der Waals surface area (Å²) in [4.78, 5) is 13.3. The molecule has 0 fully saturated rings. The number of nitrogens with zero attached hydrogens (tertiary/aromatic N) is 3. The predicted octanol–water partition coefficient (Wildman–Crippen LogP) is 4.76. The van der Waals surface area contributed by atoms with E-state index in [1.165, 1.54) is 17.3 Å². The highest BCUT2D eigenvalue weighted by atomic mass is 35.5. The highest BCUT2D eigenvalue weighted by Gasteiger charge is 2.37. The zero-order chi connectivity index (χ0) is 21.3. The number of fused-ring (bicyclic) bond motifs is 1. The SMILES string of the molecule is CCc1ccc([C@@H]2Nn3c(CC)nnc3S[C@@H]2C(=O)Nc2ccc(C)c(Cl)c2)cc1. The van der Waals surface area contributed by atoms with Crippen LogP contribution in [0.25, 0.3) is 0 Å². The Morgan fingerprint density at radius 3 is 2.60 bits per heavy atom. The van der Waals surface area contributed by atoms with Crippen LogP contribution < -0.4 is 10.7 Å². The zero-order valence-electron chi connectivity index (χ0n) is 17.1. The minimum atomic E-state index is -0.418. The third-order valence-corrected chi connectivity index (χ3v) is 6.89. The van der Waals surface area contributed by atoms with Gasteiger partial charge in [-0.05, 0) is 42.2 Å². The molecule has 0 aliphatic carbocycles. The van der Waals surface area contributed by atoms with E-state index in [4.69, 9.17) is 11.6 Å². The molecule has 2 atom stereocenters. The van der Waals surface area contributed by atoms with Crippen molar-refractivity contribution >= 4 is 35.0 Å². The first-order chi connectivity index (χ1) is 14.5. The molecule has 1 aromatic heterocycles. The van der Waals surface area contributed by atoms with Gasteiger partial charge in [-0.15, -0.1) is 10.2 Å². The molecule has 30 heavy (non-hydrogen) atoms. The summed E-state index contributed by atoms with van der Waals surface area (Å²) in [5.74, 6) is 0.737. The number of aryl methyl sites for hydroxylation is 3. The van der Waals surface area contributed by atoms with Gasteiger partial charge in [0.2, 0.25) is 11.1 Å². The summed E-state index contributed by atoms with van der Waals surface area (Å²) in [6.45, 7) is 6.10. The smallest absolute Gasteiger partial charge is 0.240 e. The molecule has 0 saturated heterocycles. The third kappa shape index (κ3) is 4.04. The Kier molecular flexibility index (Phi) is 6.01. The zero-order valence-corrected chi connectivity index (χ0v) is 18.7. The second kappa shape index (κ2) is 8.70. The summed E-state index contributed by atoms with van der Waals surface area (Å²) in [7, 11) is 0. The Morgan fingerprint density at radius 1 is 1.17 bits per heavy atom. The number of carbonyl (C=O) groups excluding carboxylic acids is 1. The van der Waals surface area contributed by atoms with Crippen molar-refractivity contribution in [1.82, 2.24) is 14.9 Å². The van der Waals surface area contributed by atoms with Gasteiger partial charge in [-0.25, -0.2) is 4.68 Å². The molecule has 6 nitrogen and oxygen atoms in total. The fraction of sp³-hybridized carbons (Fsp3) is 0.318. The number of anilines is 1. The normalized spacial score (nSPS) is 17.9. The van der Waals surface area contributed by atoms with Gasteiger partial charge in [0, 0.05) is 17.1 Å². The van der Waals surface area contributed by atoms with Crippen LogP contribution in [0.15, 0.2) is 47.6 Å². The maximum Gasteiger partial charge on any atom is 0.240 e. The van der Waals surface area contributed by atoms with E-state index in [1.54, 1.807) is 6.07 Å². The topological polar surface area (TPSA) is 71.8 Å². The lowest BCUT2D eigenvalue weighted by Crippen LogP contribution is -2.41. The van der Waals surface area contributed by atoms with E-state index in [0.29, 0.717) is 15.9 Å². The van der Waals surface area contributed by atoms with Crippen molar-refractivity contribution in [3.63, 3.8) is 0 Å². The molecule has 1 aliphatic heterocycles. The third-order valence-electron chi connectivity index (χ3n) is 5.26. The van der Waals surface area contributed by atoms with Gasteiger partial charge in [0.15, 0.2) is 5.82 Å². The van der Waals surface area contributed by atoms with Crippen molar-refractivity contribution in [2.45, 2.75) is 50.1 Å². The summed E-state index contributed by atoms with van der Waals surface area (Å²) < 4.78 is 1.90. The molecular weight excluding hydrogens is 418 g/mol. The number of nitrogens with one attached hydrogen (secondary N) is 2. The van der Waals surface area contributed by atoms with Gasteiger partial charge < -0.3 is 10.7 Å². The summed E-state index contributed by atoms with van der Waals surface area (Å²) in [6.07, 6.45) is 1.72. The first-order valence-electron chi connectivity index (χ1n) is 10.0. The van der Waals surface area contributed by atoms with E-state index in [9.17, 15) is 4.79 Å². The highest BCUT2D eigenvalue weighted by molar-refractivity contribution is 8.00. The molecule has 0 saturated carbocycles. The lowest BCUT2D eigenvalue weighted by atomic mass is 10.0. The van der Waals surface area contributed by atoms with Crippen LogP contribution in [0, 0.1) is 6.92 Å². The van der Waals surface area contributed by atoms with Crippen molar-refractivity contribution in [3.05, 3.63) is 70.0 Å². The van der Waals surface area contributed by atoms with E-state index in [1.807, 2.05) is 30.7 Å². The summed E-state index contributed by atoms with van der Waals surface area (Å²) in [5.41, 5.74) is 7.43. The first kappa shape index (κ1) is 20.8. The molecule has 0 bridgehead atoms. The molecule has 0 radical (unpaired) electrons.